The Balaban J connectivity index is 1.63. The summed E-state index contributed by atoms with van der Waals surface area (Å²) in [6.45, 7) is 6.63. The molecule has 0 aliphatic carbocycles. The van der Waals surface area contributed by atoms with E-state index in [0.29, 0.717) is 18.4 Å². The van der Waals surface area contributed by atoms with Crippen LogP contribution >= 0.6 is 11.3 Å². The van der Waals surface area contributed by atoms with Crippen molar-refractivity contribution in [3.8, 4) is 11.1 Å². The highest BCUT2D eigenvalue weighted by atomic mass is 32.1. The van der Waals surface area contributed by atoms with E-state index in [-0.39, 0.29) is 23.6 Å². The van der Waals surface area contributed by atoms with Crippen LogP contribution in [0.5, 0.6) is 0 Å². The number of rotatable bonds is 4. The van der Waals surface area contributed by atoms with E-state index in [2.05, 4.69) is 18.8 Å². The van der Waals surface area contributed by atoms with Gasteiger partial charge in [0, 0.05) is 35.5 Å². The normalized spacial score (nSPS) is 19.6. The molecule has 1 aliphatic rings. The average molecular weight is 410 g/mol. The molecule has 2 unspecified atom stereocenters. The molecule has 0 spiro atoms. The first-order valence-electron chi connectivity index (χ1n) is 10.3. The zero-order chi connectivity index (χ0) is 20.5. The predicted molar refractivity (Wildman–Crippen MR) is 118 cm³/mol. The highest BCUT2D eigenvalue weighted by Gasteiger charge is 2.28. The van der Waals surface area contributed by atoms with E-state index in [0.717, 1.165) is 33.7 Å². The Morgan fingerprint density at radius 1 is 1.17 bits per heavy atom. The Morgan fingerprint density at radius 2 is 1.86 bits per heavy atom. The standard InChI is InChI=1S/C23H27N3O2S/c1-15-8-7-9-16(2)26(15)19(27)12-13-25-14-24-22-21(23(25)28)20(17(3)29-22)18-10-5-4-6-11-18/h4-6,10-11,14-16H,7-9,12-13H2,1-3H3. The number of aromatic nitrogens is 2. The lowest BCUT2D eigenvalue weighted by Crippen LogP contribution is -2.47. The third kappa shape index (κ3) is 3.73. The zero-order valence-corrected chi connectivity index (χ0v) is 18.0. The van der Waals surface area contributed by atoms with Gasteiger partial charge < -0.3 is 4.90 Å². The van der Waals surface area contributed by atoms with Crippen LogP contribution in [0.2, 0.25) is 0 Å². The van der Waals surface area contributed by atoms with Crippen LogP contribution in [0, 0.1) is 6.92 Å². The lowest BCUT2D eigenvalue weighted by Gasteiger charge is -2.39. The SMILES string of the molecule is Cc1sc2ncn(CCC(=O)N3C(C)CCCC3C)c(=O)c2c1-c1ccccc1. The van der Waals surface area contributed by atoms with Gasteiger partial charge in [0.15, 0.2) is 0 Å². The third-order valence-electron chi connectivity index (χ3n) is 5.97. The Hall–Kier alpha value is -2.47. The number of carbonyl (C=O) groups excluding carboxylic acids is 1. The maximum atomic E-state index is 13.3. The van der Waals surface area contributed by atoms with Gasteiger partial charge in [0.1, 0.15) is 4.83 Å². The molecule has 1 aromatic carbocycles. The number of likely N-dealkylation sites (tertiary alicyclic amines) is 1. The monoisotopic (exact) mass is 409 g/mol. The molecule has 5 nitrogen and oxygen atoms in total. The molecule has 0 saturated carbocycles. The molecule has 2 atom stereocenters. The number of piperidine rings is 1. The molecular formula is C23H27N3O2S. The van der Waals surface area contributed by atoms with Crippen LogP contribution in [0.4, 0.5) is 0 Å². The lowest BCUT2D eigenvalue weighted by atomic mass is 9.97. The predicted octanol–water partition coefficient (Wildman–Crippen LogP) is 4.61. The molecule has 0 bridgehead atoms. The Bertz CT molecular complexity index is 1080. The number of aryl methyl sites for hydroxylation is 2. The van der Waals surface area contributed by atoms with Crippen molar-refractivity contribution in [2.24, 2.45) is 0 Å². The fourth-order valence-electron chi connectivity index (χ4n) is 4.51. The van der Waals surface area contributed by atoms with Gasteiger partial charge in [-0.2, -0.15) is 0 Å². The van der Waals surface area contributed by atoms with Crippen LogP contribution < -0.4 is 5.56 Å². The highest BCUT2D eigenvalue weighted by Crippen LogP contribution is 2.35. The summed E-state index contributed by atoms with van der Waals surface area (Å²) in [5.74, 6) is 0.126. The summed E-state index contributed by atoms with van der Waals surface area (Å²) in [7, 11) is 0. The van der Waals surface area contributed by atoms with Crippen molar-refractivity contribution in [2.45, 2.75) is 65.1 Å². The van der Waals surface area contributed by atoms with Gasteiger partial charge in [-0.05, 0) is 45.6 Å². The van der Waals surface area contributed by atoms with Crippen LogP contribution in [0.15, 0.2) is 41.5 Å². The zero-order valence-electron chi connectivity index (χ0n) is 17.2. The van der Waals surface area contributed by atoms with Crippen molar-refractivity contribution < 1.29 is 4.79 Å². The Labute approximate surface area is 175 Å². The summed E-state index contributed by atoms with van der Waals surface area (Å²) >= 11 is 1.54. The van der Waals surface area contributed by atoms with Gasteiger partial charge in [-0.1, -0.05) is 30.3 Å². The van der Waals surface area contributed by atoms with E-state index in [9.17, 15) is 9.59 Å². The number of carbonyl (C=O) groups is 1. The molecule has 0 N–H and O–H groups in total. The maximum absolute atomic E-state index is 13.3. The number of hydrogen-bond acceptors (Lipinski definition) is 4. The molecule has 152 valence electrons. The number of nitrogens with zero attached hydrogens (tertiary/aromatic N) is 3. The molecule has 1 aliphatic heterocycles. The fraction of sp³-hybridized carbons (Fsp3) is 0.435. The molecule has 29 heavy (non-hydrogen) atoms. The largest absolute Gasteiger partial charge is 0.337 e. The molecule has 1 saturated heterocycles. The van der Waals surface area contributed by atoms with Crippen molar-refractivity contribution >= 4 is 27.5 Å². The van der Waals surface area contributed by atoms with Gasteiger partial charge in [-0.15, -0.1) is 11.3 Å². The summed E-state index contributed by atoms with van der Waals surface area (Å²) in [5.41, 5.74) is 1.92. The Morgan fingerprint density at radius 3 is 2.55 bits per heavy atom. The minimum atomic E-state index is -0.0641. The van der Waals surface area contributed by atoms with E-state index < -0.39 is 0 Å². The molecular weight excluding hydrogens is 382 g/mol. The van der Waals surface area contributed by atoms with Gasteiger partial charge >= 0.3 is 0 Å². The van der Waals surface area contributed by atoms with Crippen molar-refractivity contribution in [2.75, 3.05) is 0 Å². The Kier molecular flexibility index (Phi) is 5.54. The second-order valence-corrected chi connectivity index (χ2v) is 9.21. The first-order chi connectivity index (χ1) is 14.0. The number of benzene rings is 1. The molecule has 1 amide bonds. The van der Waals surface area contributed by atoms with Gasteiger partial charge in [-0.25, -0.2) is 4.98 Å². The van der Waals surface area contributed by atoms with E-state index in [1.165, 1.54) is 6.42 Å². The number of amides is 1. The van der Waals surface area contributed by atoms with E-state index in [1.54, 1.807) is 22.2 Å². The minimum absolute atomic E-state index is 0.0641. The summed E-state index contributed by atoms with van der Waals surface area (Å²) in [6, 6.07) is 10.5. The minimum Gasteiger partial charge on any atom is -0.337 e. The van der Waals surface area contributed by atoms with Crippen LogP contribution in [-0.2, 0) is 11.3 Å². The number of fused-ring (bicyclic) bond motifs is 1. The van der Waals surface area contributed by atoms with Crippen LogP contribution in [-0.4, -0.2) is 32.4 Å². The van der Waals surface area contributed by atoms with Crippen LogP contribution in [0.25, 0.3) is 21.3 Å². The molecule has 6 heteroatoms. The van der Waals surface area contributed by atoms with Crippen molar-refractivity contribution in [1.82, 2.24) is 14.5 Å². The van der Waals surface area contributed by atoms with Crippen molar-refractivity contribution in [3.05, 3.63) is 51.9 Å². The molecule has 3 aromatic rings. The third-order valence-corrected chi connectivity index (χ3v) is 6.98. The quantitative estimate of drug-likeness (QED) is 0.632. The van der Waals surface area contributed by atoms with Crippen LogP contribution in [0.1, 0.15) is 44.4 Å². The molecule has 0 radical (unpaired) electrons. The van der Waals surface area contributed by atoms with E-state index in [4.69, 9.17) is 0 Å². The van der Waals surface area contributed by atoms with Crippen LogP contribution in [0.3, 0.4) is 0 Å². The van der Waals surface area contributed by atoms with Gasteiger partial charge in [0.2, 0.25) is 5.91 Å². The van der Waals surface area contributed by atoms with Crippen molar-refractivity contribution in [3.63, 3.8) is 0 Å². The van der Waals surface area contributed by atoms with Gasteiger partial charge in [0.05, 0.1) is 11.7 Å². The summed E-state index contributed by atoms with van der Waals surface area (Å²) in [4.78, 5) is 34.5. The fourth-order valence-corrected chi connectivity index (χ4v) is 5.51. The van der Waals surface area contributed by atoms with E-state index >= 15 is 0 Å². The summed E-state index contributed by atoms with van der Waals surface area (Å²) in [6.07, 6.45) is 5.19. The molecule has 2 aromatic heterocycles. The maximum Gasteiger partial charge on any atom is 0.262 e. The first-order valence-corrected chi connectivity index (χ1v) is 11.1. The topological polar surface area (TPSA) is 55.2 Å². The number of hydrogen-bond donors (Lipinski definition) is 0. The molecule has 1 fully saturated rings. The van der Waals surface area contributed by atoms with Gasteiger partial charge in [0.25, 0.3) is 5.56 Å². The lowest BCUT2D eigenvalue weighted by molar-refractivity contribution is -0.137. The molecule has 4 rings (SSSR count). The van der Waals surface area contributed by atoms with Crippen molar-refractivity contribution in [1.29, 1.82) is 0 Å². The summed E-state index contributed by atoms with van der Waals surface area (Å²) < 4.78 is 1.60. The first kappa shape index (κ1) is 19.8. The smallest absolute Gasteiger partial charge is 0.262 e. The summed E-state index contributed by atoms with van der Waals surface area (Å²) in [5, 5.41) is 0.661. The second kappa shape index (κ2) is 8.11. The van der Waals surface area contributed by atoms with E-state index in [1.807, 2.05) is 42.2 Å². The molecule has 3 heterocycles. The number of thiophene rings is 1. The average Bonchev–Trinajstić information content (AvgIpc) is 3.05. The second-order valence-electron chi connectivity index (χ2n) is 8.00. The highest BCUT2D eigenvalue weighted by molar-refractivity contribution is 7.19. The van der Waals surface area contributed by atoms with Gasteiger partial charge in [-0.3, -0.25) is 14.2 Å².